The predicted octanol–water partition coefficient (Wildman–Crippen LogP) is -3.64. The zero-order valence-corrected chi connectivity index (χ0v) is 9.06. The second-order valence-corrected chi connectivity index (χ2v) is 5.29. The summed E-state index contributed by atoms with van der Waals surface area (Å²) in [6, 6.07) is 0. The zero-order valence-electron chi connectivity index (χ0n) is 8.43. The van der Waals surface area contributed by atoms with E-state index in [2.05, 4.69) is 4.18 Å². The van der Waals surface area contributed by atoms with Crippen LogP contribution in [-0.2, 0) is 24.4 Å². The molecule has 0 aliphatic carbocycles. The molecule has 0 aromatic heterocycles. The van der Waals surface area contributed by atoms with E-state index in [0.717, 1.165) is 0 Å². The molecule has 1 N–H and O–H groups in total. The van der Waals surface area contributed by atoms with Crippen molar-refractivity contribution >= 4 is 20.2 Å². The third kappa shape index (κ3) is 10.3. The van der Waals surface area contributed by atoms with Crippen molar-refractivity contribution in [3.8, 4) is 0 Å². The summed E-state index contributed by atoms with van der Waals surface area (Å²) in [7, 11) is -8.04. The molecule has 0 radical (unpaired) electrons. The first-order valence-corrected chi connectivity index (χ1v) is 6.28. The van der Waals surface area contributed by atoms with Gasteiger partial charge in [0.05, 0.1) is 18.1 Å². The molecular formula is C4H11LiO6S2. The second kappa shape index (κ2) is 6.01. The molecule has 0 amide bonds. The molecule has 0 aliphatic heterocycles. The molecular weight excluding hydrogens is 215 g/mol. The van der Waals surface area contributed by atoms with Gasteiger partial charge in [0, 0.05) is 0 Å². The van der Waals surface area contributed by atoms with E-state index >= 15 is 0 Å². The summed E-state index contributed by atoms with van der Waals surface area (Å²) in [5.41, 5.74) is 0. The summed E-state index contributed by atoms with van der Waals surface area (Å²) in [4.78, 5) is 0. The van der Waals surface area contributed by atoms with Crippen LogP contribution in [0.1, 0.15) is 8.35 Å². The van der Waals surface area contributed by atoms with Gasteiger partial charge in [-0.1, -0.05) is 0 Å². The van der Waals surface area contributed by atoms with E-state index in [1.165, 1.54) is 6.92 Å². The summed E-state index contributed by atoms with van der Waals surface area (Å²) in [6.07, 6.45) is 0. The van der Waals surface area contributed by atoms with Gasteiger partial charge in [0.25, 0.3) is 20.2 Å². The Morgan fingerprint density at radius 1 is 1.23 bits per heavy atom. The fraction of sp³-hybridized carbons (Fsp3) is 1.00. The van der Waals surface area contributed by atoms with Crippen molar-refractivity contribution in [2.45, 2.75) is 6.92 Å². The fourth-order valence-corrected chi connectivity index (χ4v) is 2.58. The standard InChI is InChI=1S/C4H10O6S2.Li.H/c1-2-10-12(8,9)4-3-11(5,6)7;;/h2-4H2,1H3,(H,5,6,7);;/q;+1;-1. The minimum absolute atomic E-state index is 0. The zero-order chi connectivity index (χ0) is 9.83. The smallest absolute Gasteiger partial charge is 1.00 e. The molecule has 76 valence electrons. The minimum atomic E-state index is -4.23. The van der Waals surface area contributed by atoms with Crippen molar-refractivity contribution in [2.75, 3.05) is 18.1 Å². The largest absolute Gasteiger partial charge is 1.00 e. The van der Waals surface area contributed by atoms with E-state index in [0.29, 0.717) is 0 Å². The summed E-state index contributed by atoms with van der Waals surface area (Å²) in [6.45, 7) is 1.42. The van der Waals surface area contributed by atoms with Crippen molar-refractivity contribution < 1.29 is 45.9 Å². The third-order valence-electron chi connectivity index (χ3n) is 0.889. The molecule has 0 spiro atoms. The monoisotopic (exact) mass is 226 g/mol. The van der Waals surface area contributed by atoms with Gasteiger partial charge in [0.2, 0.25) is 0 Å². The van der Waals surface area contributed by atoms with Gasteiger partial charge in [0.15, 0.2) is 0 Å². The molecule has 0 heterocycles. The molecule has 0 fully saturated rings. The van der Waals surface area contributed by atoms with Crippen LogP contribution in [0.5, 0.6) is 0 Å². The Morgan fingerprint density at radius 2 is 1.69 bits per heavy atom. The first kappa shape index (κ1) is 15.9. The van der Waals surface area contributed by atoms with Crippen LogP contribution in [0, 0.1) is 0 Å². The van der Waals surface area contributed by atoms with Gasteiger partial charge in [-0.15, -0.1) is 0 Å². The maximum atomic E-state index is 10.7. The predicted molar refractivity (Wildman–Crippen MR) is 42.9 cm³/mol. The molecule has 0 rings (SSSR count). The summed E-state index contributed by atoms with van der Waals surface area (Å²) in [5, 5.41) is 0. The van der Waals surface area contributed by atoms with E-state index in [9.17, 15) is 16.8 Å². The average Bonchev–Trinajstić information content (AvgIpc) is 1.83. The quantitative estimate of drug-likeness (QED) is 0.295. The van der Waals surface area contributed by atoms with Crippen LogP contribution in [0.3, 0.4) is 0 Å². The molecule has 9 heteroatoms. The van der Waals surface area contributed by atoms with E-state index in [-0.39, 0.29) is 26.9 Å². The van der Waals surface area contributed by atoms with E-state index in [4.69, 9.17) is 4.55 Å². The van der Waals surface area contributed by atoms with Gasteiger partial charge in [0.1, 0.15) is 0 Å². The van der Waals surface area contributed by atoms with Gasteiger partial charge in [-0.2, -0.15) is 16.8 Å². The van der Waals surface area contributed by atoms with Crippen LogP contribution < -0.4 is 18.9 Å². The maximum Gasteiger partial charge on any atom is 1.00 e. The normalized spacial score (nSPS) is 12.2. The molecule has 0 saturated heterocycles. The van der Waals surface area contributed by atoms with Gasteiger partial charge in [-0.25, -0.2) is 0 Å². The van der Waals surface area contributed by atoms with Gasteiger partial charge in [-0.3, -0.25) is 8.74 Å². The average molecular weight is 226 g/mol. The summed E-state index contributed by atoms with van der Waals surface area (Å²) in [5.74, 6) is -1.56. The van der Waals surface area contributed by atoms with Crippen LogP contribution in [0.25, 0.3) is 0 Å². The van der Waals surface area contributed by atoms with Crippen molar-refractivity contribution in [1.82, 2.24) is 0 Å². The summed E-state index contributed by atoms with van der Waals surface area (Å²) >= 11 is 0. The Balaban J connectivity index is -0.000000605. The van der Waals surface area contributed by atoms with Crippen LogP contribution in [0.4, 0.5) is 0 Å². The molecule has 0 aromatic carbocycles. The Bertz CT molecular complexity index is 322. The van der Waals surface area contributed by atoms with Crippen molar-refractivity contribution in [3.05, 3.63) is 0 Å². The van der Waals surface area contributed by atoms with Crippen molar-refractivity contribution in [2.24, 2.45) is 0 Å². The van der Waals surface area contributed by atoms with Gasteiger partial charge < -0.3 is 1.43 Å². The molecule has 0 atom stereocenters. The van der Waals surface area contributed by atoms with Crippen molar-refractivity contribution in [1.29, 1.82) is 0 Å². The van der Waals surface area contributed by atoms with E-state index in [1.54, 1.807) is 0 Å². The first-order chi connectivity index (χ1) is 5.27. The Morgan fingerprint density at radius 3 is 2.00 bits per heavy atom. The molecule has 0 aliphatic rings. The fourth-order valence-electron chi connectivity index (χ4n) is 0.446. The number of rotatable bonds is 5. The van der Waals surface area contributed by atoms with E-state index < -0.39 is 31.7 Å². The van der Waals surface area contributed by atoms with E-state index in [1.807, 2.05) is 0 Å². The van der Waals surface area contributed by atoms with Crippen molar-refractivity contribution in [3.63, 3.8) is 0 Å². The molecule has 0 unspecified atom stereocenters. The van der Waals surface area contributed by atoms with Crippen LogP contribution in [0.2, 0.25) is 0 Å². The molecule has 0 aromatic rings. The van der Waals surface area contributed by atoms with Gasteiger partial charge >= 0.3 is 18.9 Å². The Hall–Kier alpha value is 0.417. The molecule has 6 nitrogen and oxygen atoms in total. The topological polar surface area (TPSA) is 97.7 Å². The third-order valence-corrected chi connectivity index (χ3v) is 3.17. The minimum Gasteiger partial charge on any atom is -1.00 e. The Labute approximate surface area is 91.2 Å². The maximum absolute atomic E-state index is 10.7. The van der Waals surface area contributed by atoms with Gasteiger partial charge in [-0.05, 0) is 6.92 Å². The van der Waals surface area contributed by atoms with Crippen LogP contribution in [-0.4, -0.2) is 39.5 Å². The summed E-state index contributed by atoms with van der Waals surface area (Å²) < 4.78 is 54.0. The molecule has 0 bridgehead atoms. The second-order valence-electron chi connectivity index (χ2n) is 1.95. The number of hydrogen-bond donors (Lipinski definition) is 1. The molecule has 0 saturated carbocycles. The molecule has 13 heavy (non-hydrogen) atoms. The SMILES string of the molecule is CCOS(=O)(=O)CCS(=O)(=O)O.[H-].[Li+]. The van der Waals surface area contributed by atoms with Crippen LogP contribution in [0.15, 0.2) is 0 Å². The Kier molecular flexibility index (Phi) is 7.33. The van der Waals surface area contributed by atoms with Crippen LogP contribution >= 0.6 is 0 Å². The first-order valence-electron chi connectivity index (χ1n) is 3.09. The number of hydrogen-bond acceptors (Lipinski definition) is 5.